The Morgan fingerprint density at radius 3 is 2.68 bits per heavy atom. The number of hydrogen-bond donors (Lipinski definition) is 0. The maximum atomic E-state index is 12.8. The van der Waals surface area contributed by atoms with Crippen LogP contribution in [0.1, 0.15) is 48.5 Å². The predicted octanol–water partition coefficient (Wildman–Crippen LogP) is 4.95. The molecule has 0 saturated heterocycles. The molecule has 0 amide bonds. The van der Waals surface area contributed by atoms with Crippen molar-refractivity contribution in [2.24, 2.45) is 5.92 Å². The van der Waals surface area contributed by atoms with E-state index >= 15 is 0 Å². The van der Waals surface area contributed by atoms with Gasteiger partial charge in [0, 0.05) is 41.3 Å². The minimum atomic E-state index is 0.0652. The molecule has 6 heteroatoms. The summed E-state index contributed by atoms with van der Waals surface area (Å²) in [6.07, 6.45) is 4.45. The highest BCUT2D eigenvalue weighted by atomic mass is 35.5. The summed E-state index contributed by atoms with van der Waals surface area (Å²) in [5.41, 5.74) is 3.33. The van der Waals surface area contributed by atoms with Crippen LogP contribution in [0.4, 0.5) is 0 Å². The first-order valence-corrected chi connectivity index (χ1v) is 11.2. The second-order valence-electron chi connectivity index (χ2n) is 8.07. The molecule has 1 aliphatic carbocycles. The lowest BCUT2D eigenvalue weighted by Crippen LogP contribution is -2.28. The summed E-state index contributed by atoms with van der Waals surface area (Å²) in [7, 11) is 0. The Balaban J connectivity index is 1.61. The molecule has 148 valence electrons. The van der Waals surface area contributed by atoms with Crippen molar-refractivity contribution in [2.45, 2.75) is 52.6 Å². The fraction of sp³-hybridized carbons (Fsp3) is 0.455. The Kier molecular flexibility index (Phi) is 5.85. The molecular weight excluding hydrogens is 390 g/mol. The van der Waals surface area contributed by atoms with Crippen LogP contribution in [0.3, 0.4) is 0 Å². The molecule has 1 aliphatic rings. The number of aryl methyl sites for hydroxylation is 2. The third-order valence-corrected chi connectivity index (χ3v) is 6.54. The van der Waals surface area contributed by atoms with Gasteiger partial charge >= 0.3 is 0 Å². The van der Waals surface area contributed by atoms with Gasteiger partial charge in [-0.3, -0.25) is 14.1 Å². The largest absolute Gasteiger partial charge is 0.293 e. The van der Waals surface area contributed by atoms with Crippen molar-refractivity contribution in [3.05, 3.63) is 67.5 Å². The van der Waals surface area contributed by atoms with E-state index in [0.717, 1.165) is 48.0 Å². The topological polar surface area (TPSA) is 37.6 Å². The Morgan fingerprint density at radius 2 is 1.93 bits per heavy atom. The Labute approximate surface area is 174 Å². The van der Waals surface area contributed by atoms with Crippen molar-refractivity contribution in [1.29, 1.82) is 0 Å². The Morgan fingerprint density at radius 1 is 1.18 bits per heavy atom. The second kappa shape index (κ2) is 8.36. The molecular formula is C22H26ClN3OS. The zero-order valence-corrected chi connectivity index (χ0v) is 18.0. The zero-order chi connectivity index (χ0) is 19.7. The Bertz CT molecular complexity index is 1020. The van der Waals surface area contributed by atoms with Crippen LogP contribution in [0.15, 0.2) is 35.1 Å². The van der Waals surface area contributed by atoms with Crippen LogP contribution in [0, 0.1) is 5.92 Å². The molecule has 2 aromatic heterocycles. The van der Waals surface area contributed by atoms with Crippen molar-refractivity contribution < 1.29 is 0 Å². The highest BCUT2D eigenvalue weighted by molar-refractivity contribution is 7.17. The molecule has 1 aromatic carbocycles. The maximum absolute atomic E-state index is 12.8. The molecule has 4 rings (SSSR count). The number of fused-ring (bicyclic) bond motifs is 3. The van der Waals surface area contributed by atoms with Gasteiger partial charge in [-0.2, -0.15) is 0 Å². The summed E-state index contributed by atoms with van der Waals surface area (Å²) < 4.78 is 1.84. The number of rotatable bonds is 6. The average Bonchev–Trinajstić information content (AvgIpc) is 3.01. The third kappa shape index (κ3) is 4.32. The fourth-order valence-corrected chi connectivity index (χ4v) is 5.36. The maximum Gasteiger partial charge on any atom is 0.259 e. The highest BCUT2D eigenvalue weighted by Gasteiger charge is 2.19. The summed E-state index contributed by atoms with van der Waals surface area (Å²) >= 11 is 7.71. The van der Waals surface area contributed by atoms with Crippen molar-refractivity contribution >= 4 is 27.9 Å². The molecule has 0 atom stereocenters. The van der Waals surface area contributed by atoms with Gasteiger partial charge in [-0.15, -0.1) is 11.3 Å². The number of benzene rings is 1. The standard InChI is InChI=1S/C22H26ClN3OS/c1-15(2)12-25(13-16-7-9-17(23)10-8-16)14-18-11-21(27)26-19-5-3-4-6-20(19)28-22(26)24-18/h7-11,15H,3-6,12-14H2,1-2H3. The van der Waals surface area contributed by atoms with Gasteiger partial charge in [0.2, 0.25) is 0 Å². The fourth-order valence-electron chi connectivity index (χ4n) is 4.00. The van der Waals surface area contributed by atoms with Gasteiger partial charge in [0.15, 0.2) is 4.96 Å². The quantitative estimate of drug-likeness (QED) is 0.571. The average molecular weight is 416 g/mol. The lowest BCUT2D eigenvalue weighted by Gasteiger charge is -2.24. The van der Waals surface area contributed by atoms with Crippen molar-refractivity contribution in [3.8, 4) is 0 Å². The number of aromatic nitrogens is 2. The monoisotopic (exact) mass is 415 g/mol. The van der Waals surface area contributed by atoms with Crippen LogP contribution in [0.5, 0.6) is 0 Å². The van der Waals surface area contributed by atoms with Gasteiger partial charge in [-0.05, 0) is 49.3 Å². The van der Waals surface area contributed by atoms with E-state index in [0.29, 0.717) is 12.5 Å². The van der Waals surface area contributed by atoms with Gasteiger partial charge in [-0.1, -0.05) is 37.6 Å². The molecule has 4 nitrogen and oxygen atoms in total. The summed E-state index contributed by atoms with van der Waals surface area (Å²) in [4.78, 5) is 22.2. The number of nitrogens with zero attached hydrogens (tertiary/aromatic N) is 3. The van der Waals surface area contributed by atoms with Crippen molar-refractivity contribution in [2.75, 3.05) is 6.54 Å². The van der Waals surface area contributed by atoms with E-state index in [1.807, 2.05) is 16.5 Å². The lowest BCUT2D eigenvalue weighted by atomic mass is 10.0. The molecule has 0 N–H and O–H groups in total. The van der Waals surface area contributed by atoms with Crippen LogP contribution in [-0.2, 0) is 25.9 Å². The first-order valence-electron chi connectivity index (χ1n) is 9.99. The molecule has 2 heterocycles. The van der Waals surface area contributed by atoms with Crippen LogP contribution in [-0.4, -0.2) is 20.8 Å². The van der Waals surface area contributed by atoms with Crippen LogP contribution >= 0.6 is 22.9 Å². The normalized spacial score (nSPS) is 14.2. The molecule has 0 bridgehead atoms. The van der Waals surface area contributed by atoms with E-state index in [1.54, 1.807) is 17.4 Å². The smallest absolute Gasteiger partial charge is 0.259 e. The molecule has 0 radical (unpaired) electrons. The van der Waals surface area contributed by atoms with E-state index in [2.05, 4.69) is 30.9 Å². The summed E-state index contributed by atoms with van der Waals surface area (Å²) in [6.45, 7) is 6.87. The van der Waals surface area contributed by atoms with E-state index in [9.17, 15) is 4.79 Å². The van der Waals surface area contributed by atoms with E-state index in [4.69, 9.17) is 16.6 Å². The van der Waals surface area contributed by atoms with Gasteiger partial charge in [0.1, 0.15) is 0 Å². The highest BCUT2D eigenvalue weighted by Crippen LogP contribution is 2.28. The number of thiazole rings is 1. The molecule has 28 heavy (non-hydrogen) atoms. The van der Waals surface area contributed by atoms with E-state index < -0.39 is 0 Å². The zero-order valence-electron chi connectivity index (χ0n) is 16.4. The van der Waals surface area contributed by atoms with Gasteiger partial charge in [0.05, 0.1) is 5.69 Å². The SMILES string of the molecule is CC(C)CN(Cc1ccc(Cl)cc1)Cc1cc(=O)n2c3c(sc2n1)CCCC3. The second-order valence-corrected chi connectivity index (χ2v) is 9.57. The molecule has 0 aliphatic heterocycles. The first-order chi connectivity index (χ1) is 13.5. The first kappa shape index (κ1) is 19.6. The molecule has 0 spiro atoms. The van der Waals surface area contributed by atoms with Gasteiger partial charge in [-0.25, -0.2) is 4.98 Å². The van der Waals surface area contributed by atoms with Gasteiger partial charge < -0.3 is 0 Å². The minimum Gasteiger partial charge on any atom is -0.293 e. The number of hydrogen-bond acceptors (Lipinski definition) is 4. The summed E-state index contributed by atoms with van der Waals surface area (Å²) in [5, 5.41) is 0.751. The van der Waals surface area contributed by atoms with Gasteiger partial charge in [0.25, 0.3) is 5.56 Å². The molecule has 3 aromatic rings. The molecule has 0 saturated carbocycles. The third-order valence-electron chi connectivity index (χ3n) is 5.14. The van der Waals surface area contributed by atoms with Crippen molar-refractivity contribution in [3.63, 3.8) is 0 Å². The van der Waals surface area contributed by atoms with Crippen molar-refractivity contribution in [1.82, 2.24) is 14.3 Å². The number of halogens is 1. The predicted molar refractivity (Wildman–Crippen MR) is 116 cm³/mol. The summed E-state index contributed by atoms with van der Waals surface area (Å²) in [6, 6.07) is 9.71. The van der Waals surface area contributed by atoms with Crippen LogP contribution in [0.25, 0.3) is 4.96 Å². The summed E-state index contributed by atoms with van der Waals surface area (Å²) in [5.74, 6) is 0.533. The van der Waals surface area contributed by atoms with E-state index in [-0.39, 0.29) is 5.56 Å². The molecule has 0 fully saturated rings. The van der Waals surface area contributed by atoms with Crippen LogP contribution < -0.4 is 5.56 Å². The van der Waals surface area contributed by atoms with E-state index in [1.165, 1.54) is 22.6 Å². The Hall–Kier alpha value is -1.69. The molecule has 0 unspecified atom stereocenters. The lowest BCUT2D eigenvalue weighted by molar-refractivity contribution is 0.225. The minimum absolute atomic E-state index is 0.0652. The van der Waals surface area contributed by atoms with Crippen LogP contribution in [0.2, 0.25) is 5.02 Å².